The van der Waals surface area contributed by atoms with Crippen LogP contribution in [0, 0.1) is 0 Å². The molecule has 2 aromatic carbocycles. The quantitative estimate of drug-likeness (QED) is 0.721. The molecular formula is C17H15N3O4. The molecule has 24 heavy (non-hydrogen) atoms. The van der Waals surface area contributed by atoms with Gasteiger partial charge in [-0.2, -0.15) is 0 Å². The lowest BCUT2D eigenvalue weighted by Gasteiger charge is -2.07. The summed E-state index contributed by atoms with van der Waals surface area (Å²) in [4.78, 5) is 11.0. The molecule has 0 atom stereocenters. The lowest BCUT2D eigenvalue weighted by molar-refractivity contribution is 0.0687. The molecule has 2 N–H and O–H groups in total. The Hall–Kier alpha value is -3.35. The maximum Gasteiger partial charge on any atom is 0.359 e. The first-order chi connectivity index (χ1) is 11.7. The number of aromatic nitrogens is 3. The van der Waals surface area contributed by atoms with Crippen LogP contribution in [-0.4, -0.2) is 33.1 Å². The minimum absolute atomic E-state index is 0.0729. The lowest BCUT2D eigenvalue weighted by Crippen LogP contribution is -1.99. The van der Waals surface area contributed by atoms with Crippen molar-refractivity contribution in [2.45, 2.75) is 6.92 Å². The Morgan fingerprint density at radius 2 is 1.62 bits per heavy atom. The van der Waals surface area contributed by atoms with Crippen LogP contribution >= 0.6 is 0 Å². The second kappa shape index (κ2) is 6.82. The van der Waals surface area contributed by atoms with Gasteiger partial charge < -0.3 is 14.6 Å². The molecular weight excluding hydrogens is 310 g/mol. The average Bonchev–Trinajstić information content (AvgIpc) is 3.05. The number of aromatic carboxylic acids is 1. The minimum Gasteiger partial charge on any atom is -0.494 e. The molecule has 0 radical (unpaired) electrons. The number of nitrogens with zero attached hydrogens (tertiary/aromatic N) is 2. The second-order valence-electron chi connectivity index (χ2n) is 4.88. The van der Waals surface area contributed by atoms with Gasteiger partial charge in [0.2, 0.25) is 5.69 Å². The molecule has 0 saturated carbocycles. The van der Waals surface area contributed by atoms with E-state index in [0.717, 1.165) is 16.9 Å². The van der Waals surface area contributed by atoms with E-state index in [1.807, 2.05) is 43.3 Å². The van der Waals surface area contributed by atoms with Crippen molar-refractivity contribution in [1.29, 1.82) is 0 Å². The number of nitrogens with one attached hydrogen (secondary N) is 1. The fraction of sp³-hybridized carbons (Fsp3) is 0.118. The molecule has 3 rings (SSSR count). The number of carbonyl (C=O) groups is 1. The van der Waals surface area contributed by atoms with Gasteiger partial charge in [0.15, 0.2) is 0 Å². The van der Waals surface area contributed by atoms with Gasteiger partial charge in [-0.15, -0.1) is 0 Å². The molecule has 1 aromatic heterocycles. The zero-order chi connectivity index (χ0) is 16.9. The Morgan fingerprint density at radius 1 is 1.04 bits per heavy atom. The van der Waals surface area contributed by atoms with Crippen molar-refractivity contribution in [2.75, 3.05) is 6.61 Å². The van der Waals surface area contributed by atoms with E-state index >= 15 is 0 Å². The summed E-state index contributed by atoms with van der Waals surface area (Å²) in [6, 6.07) is 15.0. The van der Waals surface area contributed by atoms with Gasteiger partial charge in [-0.25, -0.2) is 9.89 Å². The fourth-order valence-electron chi connectivity index (χ4n) is 2.17. The molecule has 0 aliphatic heterocycles. The average molecular weight is 325 g/mol. The van der Waals surface area contributed by atoms with Crippen LogP contribution < -0.4 is 9.47 Å². The first kappa shape index (κ1) is 15.5. The van der Waals surface area contributed by atoms with Crippen LogP contribution in [0.1, 0.15) is 17.4 Å². The number of hydrogen-bond acceptors (Lipinski definition) is 5. The van der Waals surface area contributed by atoms with Crippen LogP contribution in [0.2, 0.25) is 0 Å². The van der Waals surface area contributed by atoms with Crippen molar-refractivity contribution < 1.29 is 19.4 Å². The van der Waals surface area contributed by atoms with Crippen LogP contribution in [0.4, 0.5) is 0 Å². The van der Waals surface area contributed by atoms with E-state index in [-0.39, 0.29) is 11.6 Å². The van der Waals surface area contributed by atoms with E-state index in [1.54, 1.807) is 12.1 Å². The number of carboxylic acids is 1. The summed E-state index contributed by atoms with van der Waals surface area (Å²) < 4.78 is 10.9. The molecule has 1 heterocycles. The molecule has 0 spiro atoms. The Kier molecular flexibility index (Phi) is 4.42. The zero-order valence-electron chi connectivity index (χ0n) is 12.9. The van der Waals surface area contributed by atoms with Crippen molar-refractivity contribution >= 4 is 5.97 Å². The second-order valence-corrected chi connectivity index (χ2v) is 4.88. The van der Waals surface area contributed by atoms with Gasteiger partial charge in [0, 0.05) is 0 Å². The third-order valence-electron chi connectivity index (χ3n) is 3.30. The number of H-pyrrole nitrogens is 1. The summed E-state index contributed by atoms with van der Waals surface area (Å²) in [7, 11) is 0. The van der Waals surface area contributed by atoms with Gasteiger partial charge in [0.1, 0.15) is 11.5 Å². The van der Waals surface area contributed by atoms with Crippen LogP contribution in [-0.2, 0) is 0 Å². The maximum absolute atomic E-state index is 11.0. The highest BCUT2D eigenvalue weighted by atomic mass is 16.5. The Labute approximate surface area is 137 Å². The number of hydrogen-bond donors (Lipinski definition) is 2. The summed E-state index contributed by atoms with van der Waals surface area (Å²) in [5, 5.41) is 18.3. The van der Waals surface area contributed by atoms with Crippen molar-refractivity contribution in [3.63, 3.8) is 0 Å². The largest absolute Gasteiger partial charge is 0.494 e. The first-order valence-electron chi connectivity index (χ1n) is 7.33. The topological polar surface area (TPSA) is 97.3 Å². The van der Waals surface area contributed by atoms with Crippen LogP contribution in [0.25, 0.3) is 11.1 Å². The van der Waals surface area contributed by atoms with Crippen molar-refractivity contribution in [1.82, 2.24) is 15.4 Å². The van der Waals surface area contributed by atoms with Gasteiger partial charge in [0.05, 0.1) is 6.61 Å². The van der Waals surface area contributed by atoms with Gasteiger partial charge >= 0.3 is 5.97 Å². The molecule has 0 bridgehead atoms. The minimum atomic E-state index is -1.18. The molecule has 0 unspecified atom stereocenters. The molecule has 7 heteroatoms. The van der Waals surface area contributed by atoms with E-state index < -0.39 is 5.97 Å². The van der Waals surface area contributed by atoms with Crippen molar-refractivity contribution in [3.05, 3.63) is 54.2 Å². The summed E-state index contributed by atoms with van der Waals surface area (Å²) in [5.74, 6) is 0.0480. The predicted octanol–water partition coefficient (Wildman–Crippen LogP) is 3.36. The lowest BCUT2D eigenvalue weighted by atomic mass is 10.1. The van der Waals surface area contributed by atoms with E-state index in [4.69, 9.17) is 14.6 Å². The van der Waals surface area contributed by atoms with Gasteiger partial charge in [-0.05, 0) is 42.3 Å². The molecule has 0 saturated heterocycles. The third-order valence-corrected chi connectivity index (χ3v) is 3.30. The highest BCUT2D eigenvalue weighted by Crippen LogP contribution is 2.27. The standard InChI is InChI=1S/C17H15N3O4/c1-2-23-13-7-3-11(4-8-13)12-5-9-14(10-6-12)24-16-15(17(21)22)18-20-19-16/h3-10H,2H2,1H3,(H,21,22)(H,18,19,20). The van der Waals surface area contributed by atoms with Gasteiger partial charge in [-0.3, -0.25) is 0 Å². The monoisotopic (exact) mass is 325 g/mol. The predicted molar refractivity (Wildman–Crippen MR) is 86.5 cm³/mol. The number of benzene rings is 2. The van der Waals surface area contributed by atoms with Gasteiger partial charge in [-0.1, -0.05) is 34.6 Å². The fourth-order valence-corrected chi connectivity index (χ4v) is 2.17. The summed E-state index contributed by atoms with van der Waals surface area (Å²) >= 11 is 0. The highest BCUT2D eigenvalue weighted by Gasteiger charge is 2.16. The van der Waals surface area contributed by atoms with E-state index in [2.05, 4.69) is 15.4 Å². The number of rotatable bonds is 6. The Bertz CT molecular complexity index is 826. The van der Waals surface area contributed by atoms with Gasteiger partial charge in [0.25, 0.3) is 5.88 Å². The molecule has 0 amide bonds. The molecule has 3 aromatic rings. The molecule has 0 aliphatic carbocycles. The summed E-state index contributed by atoms with van der Waals surface area (Å²) in [6.07, 6.45) is 0. The summed E-state index contributed by atoms with van der Waals surface area (Å²) in [6.45, 7) is 2.57. The molecule has 7 nitrogen and oxygen atoms in total. The Morgan fingerprint density at radius 3 is 2.17 bits per heavy atom. The Balaban J connectivity index is 1.75. The zero-order valence-corrected chi connectivity index (χ0v) is 12.9. The number of carboxylic acid groups (broad SMARTS) is 1. The first-order valence-corrected chi connectivity index (χ1v) is 7.33. The third kappa shape index (κ3) is 3.35. The molecule has 0 aliphatic rings. The van der Waals surface area contributed by atoms with E-state index in [9.17, 15) is 4.79 Å². The number of aromatic amines is 1. The van der Waals surface area contributed by atoms with Crippen LogP contribution in [0.15, 0.2) is 48.5 Å². The van der Waals surface area contributed by atoms with Crippen LogP contribution in [0.5, 0.6) is 17.4 Å². The van der Waals surface area contributed by atoms with Crippen LogP contribution in [0.3, 0.4) is 0 Å². The normalized spacial score (nSPS) is 10.4. The van der Waals surface area contributed by atoms with Crippen molar-refractivity contribution in [3.8, 4) is 28.5 Å². The highest BCUT2D eigenvalue weighted by molar-refractivity contribution is 5.87. The van der Waals surface area contributed by atoms with E-state index in [1.165, 1.54) is 0 Å². The van der Waals surface area contributed by atoms with E-state index in [0.29, 0.717) is 12.4 Å². The number of ether oxygens (including phenoxy) is 2. The smallest absolute Gasteiger partial charge is 0.359 e. The SMILES string of the molecule is CCOc1ccc(-c2ccc(Oc3nn[nH]c3C(=O)O)cc2)cc1. The summed E-state index contributed by atoms with van der Waals surface area (Å²) in [5.41, 5.74) is 1.85. The maximum atomic E-state index is 11.0. The molecule has 0 fully saturated rings. The van der Waals surface area contributed by atoms with Crippen molar-refractivity contribution in [2.24, 2.45) is 0 Å². The molecule has 122 valence electrons.